The van der Waals surface area contributed by atoms with E-state index in [1.54, 1.807) is 24.3 Å². The van der Waals surface area contributed by atoms with Gasteiger partial charge >= 0.3 is 0 Å². The van der Waals surface area contributed by atoms with E-state index >= 15 is 0 Å². The topological polar surface area (TPSA) is 59.1 Å². The van der Waals surface area contributed by atoms with Crippen molar-refractivity contribution in [3.63, 3.8) is 0 Å². The summed E-state index contributed by atoms with van der Waals surface area (Å²) in [6, 6.07) is 10.7. The molecule has 18 heavy (non-hydrogen) atoms. The van der Waals surface area contributed by atoms with E-state index in [-0.39, 0.29) is 10.9 Å². The summed E-state index contributed by atoms with van der Waals surface area (Å²) in [7, 11) is 0. The van der Waals surface area contributed by atoms with Gasteiger partial charge in [0, 0.05) is 0 Å². The molecule has 3 N–H and O–H groups in total. The van der Waals surface area contributed by atoms with Gasteiger partial charge in [-0.15, -0.1) is 0 Å². The molecule has 5 heteroatoms. The Morgan fingerprint density at radius 2 is 1.89 bits per heavy atom. The third-order valence-corrected chi connectivity index (χ3v) is 2.59. The average Bonchev–Trinajstić information content (AvgIpc) is 2.33. The van der Waals surface area contributed by atoms with Crippen molar-refractivity contribution in [3.05, 3.63) is 58.9 Å². The lowest BCUT2D eigenvalue weighted by atomic mass is 10.2. The molecule has 2 aromatic carbocycles. The Bertz CT molecular complexity index is 601. The zero-order chi connectivity index (χ0) is 13.1. The first kappa shape index (κ1) is 12.4. The third-order valence-electron chi connectivity index (χ3n) is 2.29. The Hall–Kier alpha value is -2.07. The molecule has 0 aromatic heterocycles. The van der Waals surface area contributed by atoms with Crippen LogP contribution >= 0.6 is 11.6 Å². The van der Waals surface area contributed by atoms with E-state index in [2.05, 4.69) is 0 Å². The van der Waals surface area contributed by atoms with Crippen molar-refractivity contribution >= 4 is 17.4 Å². The average molecular weight is 265 g/mol. The van der Waals surface area contributed by atoms with Crippen LogP contribution in [-0.4, -0.2) is 5.84 Å². The number of nitrogen functional groups attached to an aromatic ring is 1. The number of benzene rings is 2. The minimum atomic E-state index is -0.438. The van der Waals surface area contributed by atoms with Gasteiger partial charge in [-0.3, -0.25) is 5.41 Å². The first-order chi connectivity index (χ1) is 8.58. The summed E-state index contributed by atoms with van der Waals surface area (Å²) in [4.78, 5) is 0. The lowest BCUT2D eigenvalue weighted by Crippen LogP contribution is -2.12. The number of hydrogen-bond donors (Lipinski definition) is 2. The molecule has 0 radical (unpaired) electrons. The molecule has 92 valence electrons. The van der Waals surface area contributed by atoms with Crippen LogP contribution in [0.15, 0.2) is 42.5 Å². The minimum absolute atomic E-state index is 0.108. The Balaban J connectivity index is 2.37. The Morgan fingerprint density at radius 3 is 2.56 bits per heavy atom. The standard InChI is InChI=1S/C13H10ClFN2O/c14-10-7-8(15)5-6-12(10)18-11-4-2-1-3-9(11)13(16)17/h1-7H,(H3,16,17). The molecule has 0 aliphatic carbocycles. The van der Waals surface area contributed by atoms with Crippen molar-refractivity contribution in [1.29, 1.82) is 5.41 Å². The quantitative estimate of drug-likeness (QED) is 0.658. The van der Waals surface area contributed by atoms with Crippen LogP contribution in [0.25, 0.3) is 0 Å². The summed E-state index contributed by atoms with van der Waals surface area (Å²) in [5, 5.41) is 7.60. The van der Waals surface area contributed by atoms with E-state index in [0.717, 1.165) is 6.07 Å². The van der Waals surface area contributed by atoms with Gasteiger partial charge in [-0.25, -0.2) is 4.39 Å². The zero-order valence-electron chi connectivity index (χ0n) is 9.28. The molecule has 0 spiro atoms. The normalized spacial score (nSPS) is 10.1. The van der Waals surface area contributed by atoms with Gasteiger partial charge in [0.1, 0.15) is 23.2 Å². The van der Waals surface area contributed by atoms with Crippen molar-refractivity contribution in [2.45, 2.75) is 0 Å². The second-order valence-corrected chi connectivity index (χ2v) is 3.99. The molecule has 0 saturated carbocycles. The van der Waals surface area contributed by atoms with Gasteiger partial charge in [-0.1, -0.05) is 23.7 Å². The van der Waals surface area contributed by atoms with Crippen LogP contribution in [0.3, 0.4) is 0 Å². The second kappa shape index (κ2) is 5.06. The van der Waals surface area contributed by atoms with E-state index in [1.165, 1.54) is 12.1 Å². The summed E-state index contributed by atoms with van der Waals surface area (Å²) < 4.78 is 18.4. The fourth-order valence-electron chi connectivity index (χ4n) is 1.45. The number of hydrogen-bond acceptors (Lipinski definition) is 2. The lowest BCUT2D eigenvalue weighted by molar-refractivity contribution is 0.479. The molecule has 0 bridgehead atoms. The van der Waals surface area contributed by atoms with E-state index in [1.807, 2.05) is 0 Å². The van der Waals surface area contributed by atoms with Gasteiger partial charge in [0.2, 0.25) is 0 Å². The van der Waals surface area contributed by atoms with E-state index in [0.29, 0.717) is 17.1 Å². The molecule has 0 saturated heterocycles. The molecule has 0 aliphatic rings. The van der Waals surface area contributed by atoms with Crippen LogP contribution in [0.5, 0.6) is 11.5 Å². The zero-order valence-corrected chi connectivity index (χ0v) is 10.0. The molecule has 3 nitrogen and oxygen atoms in total. The first-order valence-electron chi connectivity index (χ1n) is 5.14. The van der Waals surface area contributed by atoms with Crippen molar-refractivity contribution in [3.8, 4) is 11.5 Å². The number of halogens is 2. The van der Waals surface area contributed by atoms with Gasteiger partial charge in [0.05, 0.1) is 10.6 Å². The minimum Gasteiger partial charge on any atom is -0.455 e. The van der Waals surface area contributed by atoms with Gasteiger partial charge in [-0.2, -0.15) is 0 Å². The SMILES string of the molecule is N=C(N)c1ccccc1Oc1ccc(F)cc1Cl. The molecule has 0 amide bonds. The maximum Gasteiger partial charge on any atom is 0.146 e. The summed E-state index contributed by atoms with van der Waals surface area (Å²) >= 11 is 5.86. The summed E-state index contributed by atoms with van der Waals surface area (Å²) in [6.07, 6.45) is 0. The maximum absolute atomic E-state index is 12.9. The van der Waals surface area contributed by atoms with Gasteiger partial charge < -0.3 is 10.5 Å². The number of nitrogens with one attached hydrogen (secondary N) is 1. The molecule has 0 aliphatic heterocycles. The molecular weight excluding hydrogens is 255 g/mol. The Kier molecular flexibility index (Phi) is 3.48. The predicted octanol–water partition coefficient (Wildman–Crippen LogP) is 3.56. The smallest absolute Gasteiger partial charge is 0.146 e. The van der Waals surface area contributed by atoms with E-state index in [9.17, 15) is 4.39 Å². The third kappa shape index (κ3) is 2.60. The number of para-hydroxylation sites is 1. The highest BCUT2D eigenvalue weighted by molar-refractivity contribution is 6.32. The molecule has 2 rings (SSSR count). The molecule has 0 atom stereocenters. The molecule has 0 unspecified atom stereocenters. The van der Waals surface area contributed by atoms with Crippen LogP contribution in [0.4, 0.5) is 4.39 Å². The van der Waals surface area contributed by atoms with Crippen LogP contribution < -0.4 is 10.5 Å². The van der Waals surface area contributed by atoms with Gasteiger partial charge in [0.25, 0.3) is 0 Å². The van der Waals surface area contributed by atoms with E-state index < -0.39 is 5.82 Å². The summed E-state index contributed by atoms with van der Waals surface area (Å²) in [6.45, 7) is 0. The molecule has 2 aromatic rings. The fourth-order valence-corrected chi connectivity index (χ4v) is 1.66. The Morgan fingerprint density at radius 1 is 1.17 bits per heavy atom. The first-order valence-corrected chi connectivity index (χ1v) is 5.52. The van der Waals surface area contributed by atoms with Crippen LogP contribution in [0, 0.1) is 11.2 Å². The largest absolute Gasteiger partial charge is 0.455 e. The van der Waals surface area contributed by atoms with Crippen LogP contribution in [0.2, 0.25) is 5.02 Å². The van der Waals surface area contributed by atoms with Gasteiger partial charge in [0.15, 0.2) is 0 Å². The van der Waals surface area contributed by atoms with Gasteiger partial charge in [-0.05, 0) is 30.3 Å². The fraction of sp³-hybridized carbons (Fsp3) is 0. The van der Waals surface area contributed by atoms with Crippen LogP contribution in [-0.2, 0) is 0 Å². The molecule has 0 heterocycles. The van der Waals surface area contributed by atoms with Crippen molar-refractivity contribution in [1.82, 2.24) is 0 Å². The monoisotopic (exact) mass is 264 g/mol. The highest BCUT2D eigenvalue weighted by atomic mass is 35.5. The molecular formula is C13H10ClFN2O. The molecule has 0 fully saturated rings. The van der Waals surface area contributed by atoms with Crippen molar-refractivity contribution in [2.75, 3.05) is 0 Å². The summed E-state index contributed by atoms with van der Waals surface area (Å²) in [5.74, 6) is 0.168. The maximum atomic E-state index is 12.9. The van der Waals surface area contributed by atoms with Crippen molar-refractivity contribution < 1.29 is 9.13 Å². The highest BCUT2D eigenvalue weighted by Crippen LogP contribution is 2.31. The number of nitrogens with two attached hydrogens (primary N) is 1. The Labute approximate surface area is 108 Å². The predicted molar refractivity (Wildman–Crippen MR) is 68.9 cm³/mol. The second-order valence-electron chi connectivity index (χ2n) is 3.59. The van der Waals surface area contributed by atoms with Crippen molar-refractivity contribution in [2.24, 2.45) is 5.73 Å². The number of rotatable bonds is 3. The van der Waals surface area contributed by atoms with Crippen LogP contribution in [0.1, 0.15) is 5.56 Å². The lowest BCUT2D eigenvalue weighted by Gasteiger charge is -2.11. The summed E-state index contributed by atoms with van der Waals surface area (Å²) in [5.41, 5.74) is 5.90. The number of ether oxygens (including phenoxy) is 1. The number of amidine groups is 1. The van der Waals surface area contributed by atoms with E-state index in [4.69, 9.17) is 27.5 Å². The highest BCUT2D eigenvalue weighted by Gasteiger charge is 2.09.